The average Bonchev–Trinajstić information content (AvgIpc) is 3.69. The van der Waals surface area contributed by atoms with E-state index in [-0.39, 0.29) is 29.8 Å². The molecule has 2 aromatic carbocycles. The number of aromatic nitrogens is 4. The smallest absolute Gasteiger partial charge is 0.264 e. The van der Waals surface area contributed by atoms with Gasteiger partial charge in [0, 0.05) is 30.3 Å². The summed E-state index contributed by atoms with van der Waals surface area (Å²) in [4.78, 5) is 44.7. The zero-order valence-electron chi connectivity index (χ0n) is 20.8. The molecule has 2 aliphatic rings. The van der Waals surface area contributed by atoms with Gasteiger partial charge >= 0.3 is 0 Å². The third kappa shape index (κ3) is 4.70. The van der Waals surface area contributed by atoms with Crippen LogP contribution in [0, 0.1) is 5.92 Å². The largest absolute Gasteiger partial charge is 0.388 e. The monoisotopic (exact) mass is 512 g/mol. The Morgan fingerprint density at radius 3 is 2.55 bits per heavy atom. The molecule has 0 spiro atoms. The van der Waals surface area contributed by atoms with Crippen LogP contribution in [0.3, 0.4) is 0 Å². The number of rotatable bonds is 6. The molecule has 194 valence electrons. The Labute approximate surface area is 218 Å². The van der Waals surface area contributed by atoms with E-state index in [0.29, 0.717) is 53.9 Å². The number of amides is 2. The molecular formula is C28H28N6O4. The van der Waals surface area contributed by atoms with Gasteiger partial charge in [0.2, 0.25) is 5.91 Å². The lowest BCUT2D eigenvalue weighted by molar-refractivity contribution is -0.137. The summed E-state index contributed by atoms with van der Waals surface area (Å²) in [6, 6.07) is 16.1. The van der Waals surface area contributed by atoms with Crippen LogP contribution in [0.5, 0.6) is 0 Å². The first-order chi connectivity index (χ1) is 18.4. The molecule has 4 aromatic rings. The van der Waals surface area contributed by atoms with Crippen molar-refractivity contribution in [1.29, 1.82) is 0 Å². The molecule has 10 nitrogen and oxygen atoms in total. The van der Waals surface area contributed by atoms with Crippen LogP contribution >= 0.6 is 0 Å². The number of nitrogens with zero attached hydrogens (tertiary/aromatic N) is 5. The highest BCUT2D eigenvalue weighted by Crippen LogP contribution is 2.33. The van der Waals surface area contributed by atoms with Crippen molar-refractivity contribution in [3.05, 3.63) is 83.0 Å². The molecule has 2 N–H and O–H groups in total. The van der Waals surface area contributed by atoms with Crippen molar-refractivity contribution < 1.29 is 14.7 Å². The van der Waals surface area contributed by atoms with E-state index in [0.717, 1.165) is 12.8 Å². The molecule has 2 aromatic heterocycles. The predicted molar refractivity (Wildman–Crippen MR) is 141 cm³/mol. The second-order valence-electron chi connectivity index (χ2n) is 10.2. The minimum absolute atomic E-state index is 0.0978. The van der Waals surface area contributed by atoms with Gasteiger partial charge in [-0.25, -0.2) is 9.67 Å². The molecule has 0 bridgehead atoms. The Morgan fingerprint density at radius 1 is 1.05 bits per heavy atom. The maximum atomic E-state index is 13.3. The number of para-hydroxylation sites is 1. The molecule has 1 aliphatic carbocycles. The van der Waals surface area contributed by atoms with E-state index in [1.807, 2.05) is 35.2 Å². The maximum absolute atomic E-state index is 13.3. The molecule has 1 saturated carbocycles. The molecule has 6 rings (SSSR count). The van der Waals surface area contributed by atoms with Crippen molar-refractivity contribution >= 4 is 28.5 Å². The number of nitrogens with one attached hydrogen (secondary N) is 1. The number of piperidine rings is 1. The van der Waals surface area contributed by atoms with Gasteiger partial charge in [0.05, 0.1) is 24.0 Å². The highest BCUT2D eigenvalue weighted by molar-refractivity contribution is 6.04. The second kappa shape index (κ2) is 9.53. The van der Waals surface area contributed by atoms with Gasteiger partial charge in [-0.2, -0.15) is 5.10 Å². The SMILES string of the molecule is O=C(Nc1ccccc1)c1cccc(-n2ncc3c(=O)n(CC4(O)CCN(C(=O)C5CC5)CC4)cnc32)c1. The topological polar surface area (TPSA) is 122 Å². The summed E-state index contributed by atoms with van der Waals surface area (Å²) in [5.41, 5.74) is 0.703. The fraction of sp³-hybridized carbons (Fsp3) is 0.321. The fourth-order valence-electron chi connectivity index (χ4n) is 4.96. The quantitative estimate of drug-likeness (QED) is 0.410. The summed E-state index contributed by atoms with van der Waals surface area (Å²) < 4.78 is 2.94. The van der Waals surface area contributed by atoms with Crippen molar-refractivity contribution in [2.75, 3.05) is 18.4 Å². The molecule has 0 unspecified atom stereocenters. The molecule has 1 saturated heterocycles. The van der Waals surface area contributed by atoms with E-state index < -0.39 is 5.60 Å². The number of hydrogen-bond donors (Lipinski definition) is 2. The summed E-state index contributed by atoms with van der Waals surface area (Å²) in [6.45, 7) is 1.07. The molecule has 0 atom stereocenters. The molecule has 2 amide bonds. The Hall–Kier alpha value is -4.31. The van der Waals surface area contributed by atoms with E-state index in [4.69, 9.17) is 0 Å². The van der Waals surface area contributed by atoms with E-state index in [1.54, 1.807) is 24.3 Å². The first-order valence-electron chi connectivity index (χ1n) is 12.8. The summed E-state index contributed by atoms with van der Waals surface area (Å²) in [7, 11) is 0. The lowest BCUT2D eigenvalue weighted by Gasteiger charge is -2.38. The maximum Gasteiger partial charge on any atom is 0.264 e. The van der Waals surface area contributed by atoms with Gasteiger partial charge < -0.3 is 15.3 Å². The van der Waals surface area contributed by atoms with E-state index in [1.165, 1.54) is 21.8 Å². The predicted octanol–water partition coefficient (Wildman–Crippen LogP) is 2.60. The zero-order chi connectivity index (χ0) is 26.3. The molecular weight excluding hydrogens is 484 g/mol. The van der Waals surface area contributed by atoms with Crippen LogP contribution in [-0.4, -0.2) is 59.8 Å². The molecule has 2 fully saturated rings. The molecule has 0 radical (unpaired) electrons. The number of anilines is 1. The number of likely N-dealkylation sites (tertiary alicyclic amines) is 1. The summed E-state index contributed by atoms with van der Waals surface area (Å²) >= 11 is 0. The van der Waals surface area contributed by atoms with Crippen molar-refractivity contribution in [3.8, 4) is 5.69 Å². The Balaban J connectivity index is 1.20. The highest BCUT2D eigenvalue weighted by atomic mass is 16.3. The van der Waals surface area contributed by atoms with E-state index in [2.05, 4.69) is 15.4 Å². The van der Waals surface area contributed by atoms with Gasteiger partial charge in [-0.15, -0.1) is 0 Å². The first-order valence-corrected chi connectivity index (χ1v) is 12.8. The van der Waals surface area contributed by atoms with Crippen LogP contribution in [0.2, 0.25) is 0 Å². The lowest BCUT2D eigenvalue weighted by atomic mass is 9.91. The van der Waals surface area contributed by atoms with Gasteiger partial charge in [0.1, 0.15) is 11.7 Å². The van der Waals surface area contributed by atoms with Gasteiger partial charge in [0.25, 0.3) is 11.5 Å². The Bertz CT molecular complexity index is 1570. The normalized spacial score (nSPS) is 16.9. The van der Waals surface area contributed by atoms with Crippen LogP contribution in [0.4, 0.5) is 5.69 Å². The minimum atomic E-state index is -1.09. The third-order valence-corrected chi connectivity index (χ3v) is 7.34. The van der Waals surface area contributed by atoms with Crippen LogP contribution in [0.1, 0.15) is 36.0 Å². The van der Waals surface area contributed by atoms with Crippen molar-refractivity contribution in [1.82, 2.24) is 24.2 Å². The van der Waals surface area contributed by atoms with Gasteiger partial charge in [-0.05, 0) is 56.0 Å². The van der Waals surface area contributed by atoms with Gasteiger partial charge in [0.15, 0.2) is 5.65 Å². The number of carbonyl (C=O) groups is 2. The molecule has 3 heterocycles. The fourth-order valence-corrected chi connectivity index (χ4v) is 4.96. The van der Waals surface area contributed by atoms with E-state index >= 15 is 0 Å². The summed E-state index contributed by atoms with van der Waals surface area (Å²) in [5.74, 6) is 0.0789. The number of hydrogen-bond acceptors (Lipinski definition) is 6. The first kappa shape index (κ1) is 24.1. The number of aliphatic hydroxyl groups is 1. The van der Waals surface area contributed by atoms with Crippen LogP contribution in [-0.2, 0) is 11.3 Å². The molecule has 38 heavy (non-hydrogen) atoms. The molecule has 1 aliphatic heterocycles. The third-order valence-electron chi connectivity index (χ3n) is 7.34. The van der Waals surface area contributed by atoms with Crippen molar-refractivity contribution in [2.24, 2.45) is 5.92 Å². The van der Waals surface area contributed by atoms with Gasteiger partial charge in [-0.3, -0.25) is 19.0 Å². The highest BCUT2D eigenvalue weighted by Gasteiger charge is 2.39. The number of benzene rings is 2. The van der Waals surface area contributed by atoms with Crippen LogP contribution < -0.4 is 10.9 Å². The zero-order valence-corrected chi connectivity index (χ0v) is 20.8. The second-order valence-corrected chi connectivity index (χ2v) is 10.2. The lowest BCUT2D eigenvalue weighted by Crippen LogP contribution is -2.50. The van der Waals surface area contributed by atoms with Gasteiger partial charge in [-0.1, -0.05) is 24.3 Å². The standard InChI is InChI=1S/C28H28N6O4/c35-25(31-21-6-2-1-3-7-21)20-5-4-8-22(15-20)34-24-23(16-30-34)27(37)33(18-29-24)17-28(38)11-13-32(14-12-28)26(36)19-9-10-19/h1-8,15-16,18-19,38H,9-14,17H2,(H,31,35). The summed E-state index contributed by atoms with van der Waals surface area (Å²) in [6.07, 6.45) is 5.62. The Morgan fingerprint density at radius 2 is 1.82 bits per heavy atom. The average molecular weight is 513 g/mol. The van der Waals surface area contributed by atoms with Crippen LogP contribution in [0.15, 0.2) is 71.9 Å². The molecule has 10 heteroatoms. The van der Waals surface area contributed by atoms with Crippen LogP contribution in [0.25, 0.3) is 16.7 Å². The van der Waals surface area contributed by atoms with Crippen molar-refractivity contribution in [2.45, 2.75) is 37.8 Å². The summed E-state index contributed by atoms with van der Waals surface area (Å²) in [5, 5.41) is 18.7. The Kier molecular flexibility index (Phi) is 6.03. The van der Waals surface area contributed by atoms with E-state index in [9.17, 15) is 19.5 Å². The number of fused-ring (bicyclic) bond motifs is 1. The van der Waals surface area contributed by atoms with Crippen molar-refractivity contribution in [3.63, 3.8) is 0 Å². The minimum Gasteiger partial charge on any atom is -0.388 e. The number of carbonyl (C=O) groups excluding carboxylic acids is 2.